The Kier molecular flexibility index (Phi) is 3.45. The summed E-state index contributed by atoms with van der Waals surface area (Å²) >= 11 is 0. The van der Waals surface area contributed by atoms with Crippen molar-refractivity contribution < 1.29 is 10.0 Å². The van der Waals surface area contributed by atoms with Crippen molar-refractivity contribution in [2.75, 3.05) is 5.06 Å². The van der Waals surface area contributed by atoms with Crippen molar-refractivity contribution in [3.8, 4) is 0 Å². The van der Waals surface area contributed by atoms with Crippen LogP contribution < -0.4 is 5.06 Å². The quantitative estimate of drug-likeness (QED) is 0.325. The number of aromatic nitrogens is 1. The van der Waals surface area contributed by atoms with Gasteiger partial charge in [0.1, 0.15) is 0 Å². The van der Waals surface area contributed by atoms with Gasteiger partial charge in [0, 0.05) is 27.2 Å². The van der Waals surface area contributed by atoms with Gasteiger partial charge in [-0.1, -0.05) is 54.6 Å². The van der Waals surface area contributed by atoms with Gasteiger partial charge >= 0.3 is 0 Å². The molecule has 27 heavy (non-hydrogen) atoms. The summed E-state index contributed by atoms with van der Waals surface area (Å²) in [5.74, 6) is -0.458. The van der Waals surface area contributed by atoms with Crippen LogP contribution in [0, 0.1) is 0 Å². The molecule has 0 fully saturated rings. The Balaban J connectivity index is 1.62. The summed E-state index contributed by atoms with van der Waals surface area (Å²) in [6, 6.07) is 26.5. The molecule has 0 spiro atoms. The van der Waals surface area contributed by atoms with Gasteiger partial charge in [-0.25, -0.2) is 0 Å². The number of hydrogen-bond donors (Lipinski definition) is 2. The van der Waals surface area contributed by atoms with E-state index in [9.17, 15) is 10.0 Å². The Morgan fingerprint density at radius 3 is 2.37 bits per heavy atom. The van der Waals surface area contributed by atoms with E-state index >= 15 is 0 Å². The summed E-state index contributed by atoms with van der Waals surface area (Å²) in [5, 5.41) is 15.3. The van der Waals surface area contributed by atoms with Gasteiger partial charge < -0.3 is 4.98 Å². The normalized spacial score (nSPS) is 11.3. The van der Waals surface area contributed by atoms with E-state index in [1.807, 2.05) is 36.4 Å². The van der Waals surface area contributed by atoms with E-state index < -0.39 is 5.91 Å². The molecule has 0 bridgehead atoms. The molecule has 0 saturated heterocycles. The van der Waals surface area contributed by atoms with Crippen LogP contribution in [-0.2, 0) is 0 Å². The van der Waals surface area contributed by atoms with E-state index in [0.717, 1.165) is 27.2 Å². The predicted molar refractivity (Wildman–Crippen MR) is 108 cm³/mol. The van der Waals surface area contributed by atoms with Crippen LogP contribution in [0.3, 0.4) is 0 Å². The highest BCUT2D eigenvalue weighted by Gasteiger charge is 2.16. The molecule has 0 atom stereocenters. The fraction of sp³-hybridized carbons (Fsp3) is 0. The lowest BCUT2D eigenvalue weighted by molar-refractivity contribution is 0.0855. The number of para-hydroxylation sites is 2. The molecule has 130 valence electrons. The number of hydroxylamine groups is 1. The first kappa shape index (κ1) is 15.6. The number of hydrogen-bond acceptors (Lipinski definition) is 2. The summed E-state index contributed by atoms with van der Waals surface area (Å²) in [7, 11) is 0. The maximum Gasteiger partial charge on any atom is 0.282 e. The molecule has 4 nitrogen and oxygen atoms in total. The topological polar surface area (TPSA) is 56.3 Å². The third-order valence-electron chi connectivity index (χ3n) is 4.94. The molecule has 0 unspecified atom stereocenters. The van der Waals surface area contributed by atoms with Gasteiger partial charge in [-0.3, -0.25) is 10.0 Å². The number of aromatic amines is 1. The zero-order valence-electron chi connectivity index (χ0n) is 14.4. The van der Waals surface area contributed by atoms with Crippen molar-refractivity contribution in [1.29, 1.82) is 0 Å². The first-order chi connectivity index (χ1) is 13.2. The van der Waals surface area contributed by atoms with Crippen LogP contribution in [0.1, 0.15) is 10.4 Å². The standard InChI is InChI=1S/C23H16N2O2/c26-23(25(27)17-6-2-1-3-7-17)16-11-12-18-15(14-16)10-13-20-19-8-4-5-9-21(19)24-22(18)20/h1-14,24,27H. The number of benzene rings is 4. The van der Waals surface area contributed by atoms with E-state index in [4.69, 9.17) is 0 Å². The zero-order valence-corrected chi connectivity index (χ0v) is 14.4. The molecule has 0 aliphatic rings. The van der Waals surface area contributed by atoms with Crippen molar-refractivity contribution >= 4 is 44.2 Å². The van der Waals surface area contributed by atoms with Crippen molar-refractivity contribution in [2.45, 2.75) is 0 Å². The van der Waals surface area contributed by atoms with Gasteiger partial charge in [0.15, 0.2) is 0 Å². The summed E-state index contributed by atoms with van der Waals surface area (Å²) < 4.78 is 0. The second-order valence-corrected chi connectivity index (χ2v) is 6.55. The zero-order chi connectivity index (χ0) is 18.4. The van der Waals surface area contributed by atoms with Crippen LogP contribution >= 0.6 is 0 Å². The molecule has 2 N–H and O–H groups in total. The molecule has 0 aliphatic heterocycles. The van der Waals surface area contributed by atoms with Crippen LogP contribution in [0.15, 0.2) is 84.9 Å². The number of carbonyl (C=O) groups excluding carboxylic acids is 1. The number of nitrogens with zero attached hydrogens (tertiary/aromatic N) is 1. The fourth-order valence-electron chi connectivity index (χ4n) is 3.59. The van der Waals surface area contributed by atoms with Crippen molar-refractivity contribution in [3.05, 3.63) is 90.5 Å². The number of nitrogens with one attached hydrogen (secondary N) is 1. The smallest absolute Gasteiger partial charge is 0.282 e. The first-order valence-electron chi connectivity index (χ1n) is 8.74. The first-order valence-corrected chi connectivity index (χ1v) is 8.74. The van der Waals surface area contributed by atoms with E-state index in [2.05, 4.69) is 23.2 Å². The van der Waals surface area contributed by atoms with Crippen LogP contribution in [0.4, 0.5) is 5.69 Å². The van der Waals surface area contributed by atoms with Gasteiger partial charge in [0.25, 0.3) is 5.91 Å². The van der Waals surface area contributed by atoms with Crippen molar-refractivity contribution in [3.63, 3.8) is 0 Å². The Labute approximate surface area is 155 Å². The highest BCUT2D eigenvalue weighted by atomic mass is 16.5. The van der Waals surface area contributed by atoms with Crippen LogP contribution in [0.25, 0.3) is 32.6 Å². The monoisotopic (exact) mass is 352 g/mol. The largest absolute Gasteiger partial charge is 0.354 e. The second-order valence-electron chi connectivity index (χ2n) is 6.55. The fourth-order valence-corrected chi connectivity index (χ4v) is 3.59. The maximum absolute atomic E-state index is 12.7. The number of carbonyl (C=O) groups is 1. The minimum atomic E-state index is -0.458. The molecule has 4 heteroatoms. The van der Waals surface area contributed by atoms with E-state index in [1.165, 1.54) is 5.39 Å². The number of H-pyrrole nitrogens is 1. The molecule has 0 aliphatic carbocycles. The minimum absolute atomic E-state index is 0.435. The number of rotatable bonds is 2. The average Bonchev–Trinajstić information content (AvgIpc) is 3.12. The molecule has 1 aromatic heterocycles. The molecule has 5 rings (SSSR count). The molecular formula is C23H16N2O2. The molecule has 0 saturated carbocycles. The molecule has 0 radical (unpaired) electrons. The molecule has 5 aromatic rings. The third kappa shape index (κ3) is 2.46. The maximum atomic E-state index is 12.7. The minimum Gasteiger partial charge on any atom is -0.354 e. The second kappa shape index (κ2) is 5.97. The number of amides is 1. The van der Waals surface area contributed by atoms with E-state index in [1.54, 1.807) is 30.3 Å². The number of anilines is 1. The molecular weight excluding hydrogens is 336 g/mol. The van der Waals surface area contributed by atoms with Gasteiger partial charge in [0.2, 0.25) is 0 Å². The van der Waals surface area contributed by atoms with Gasteiger partial charge in [0.05, 0.1) is 11.2 Å². The third-order valence-corrected chi connectivity index (χ3v) is 4.94. The van der Waals surface area contributed by atoms with E-state index in [0.29, 0.717) is 16.3 Å². The van der Waals surface area contributed by atoms with E-state index in [-0.39, 0.29) is 0 Å². The molecule has 1 amide bonds. The summed E-state index contributed by atoms with van der Waals surface area (Å²) in [6.45, 7) is 0. The van der Waals surface area contributed by atoms with Crippen LogP contribution in [0.2, 0.25) is 0 Å². The van der Waals surface area contributed by atoms with Crippen LogP contribution in [0.5, 0.6) is 0 Å². The van der Waals surface area contributed by atoms with Gasteiger partial charge in [-0.15, -0.1) is 0 Å². The lowest BCUT2D eigenvalue weighted by Crippen LogP contribution is -2.26. The Hall–Kier alpha value is -3.63. The predicted octanol–water partition coefficient (Wildman–Crippen LogP) is 5.51. The SMILES string of the molecule is O=C(c1ccc2c(ccc3c4ccccc4[nH]c23)c1)N(O)c1ccccc1. The summed E-state index contributed by atoms with van der Waals surface area (Å²) in [5.41, 5.74) is 3.01. The van der Waals surface area contributed by atoms with Crippen molar-refractivity contribution in [2.24, 2.45) is 0 Å². The summed E-state index contributed by atoms with van der Waals surface area (Å²) in [6.07, 6.45) is 0. The average molecular weight is 352 g/mol. The lowest BCUT2D eigenvalue weighted by Gasteiger charge is -2.15. The highest BCUT2D eigenvalue weighted by Crippen LogP contribution is 2.31. The highest BCUT2D eigenvalue weighted by molar-refractivity contribution is 6.18. The van der Waals surface area contributed by atoms with Gasteiger partial charge in [-0.2, -0.15) is 5.06 Å². The Bertz CT molecular complexity index is 1310. The number of fused-ring (bicyclic) bond motifs is 5. The lowest BCUT2D eigenvalue weighted by atomic mass is 10.0. The van der Waals surface area contributed by atoms with Crippen molar-refractivity contribution in [1.82, 2.24) is 4.98 Å². The van der Waals surface area contributed by atoms with Gasteiger partial charge in [-0.05, 0) is 35.7 Å². The Morgan fingerprint density at radius 2 is 1.52 bits per heavy atom. The van der Waals surface area contributed by atoms with Crippen LogP contribution in [-0.4, -0.2) is 16.1 Å². The molecule has 4 aromatic carbocycles. The summed E-state index contributed by atoms with van der Waals surface area (Å²) in [4.78, 5) is 16.1. The molecule has 1 heterocycles. The Morgan fingerprint density at radius 1 is 0.778 bits per heavy atom.